The molecule has 2 rings (SSSR count). The molecule has 0 fully saturated rings. The van der Waals surface area contributed by atoms with E-state index >= 15 is 0 Å². The van der Waals surface area contributed by atoms with Crippen molar-refractivity contribution in [3.63, 3.8) is 0 Å². The number of carbonyl (C=O) groups is 1. The summed E-state index contributed by atoms with van der Waals surface area (Å²) in [5, 5.41) is 8.71. The minimum absolute atomic E-state index is 0.0359. The number of ether oxygens (including phenoxy) is 2. The van der Waals surface area contributed by atoms with E-state index in [-0.39, 0.29) is 25.1 Å². The number of esters is 1. The Balaban J connectivity index is 1.72. The first kappa shape index (κ1) is 25.1. The zero-order valence-corrected chi connectivity index (χ0v) is 19.3. The van der Waals surface area contributed by atoms with Gasteiger partial charge in [0, 0.05) is 0 Å². The molecule has 31 heavy (non-hydrogen) atoms. The van der Waals surface area contributed by atoms with Gasteiger partial charge < -0.3 is 14.6 Å². The maximum atomic E-state index is 11.7. The second-order valence-corrected chi connectivity index (χ2v) is 8.40. The van der Waals surface area contributed by atoms with Crippen molar-refractivity contribution < 1.29 is 19.4 Å². The van der Waals surface area contributed by atoms with Crippen LogP contribution in [-0.4, -0.2) is 30.9 Å². The van der Waals surface area contributed by atoms with Gasteiger partial charge in [0.1, 0.15) is 6.61 Å². The highest BCUT2D eigenvalue weighted by atomic mass is 16.5. The Labute approximate surface area is 187 Å². The van der Waals surface area contributed by atoms with Gasteiger partial charge in [0.15, 0.2) is 0 Å². The molecule has 0 radical (unpaired) electrons. The van der Waals surface area contributed by atoms with Crippen LogP contribution in [0.3, 0.4) is 0 Å². The Morgan fingerprint density at radius 3 is 2.32 bits per heavy atom. The molecule has 0 saturated heterocycles. The van der Waals surface area contributed by atoms with Gasteiger partial charge in [0.2, 0.25) is 0 Å². The van der Waals surface area contributed by atoms with E-state index in [1.165, 1.54) is 36.8 Å². The fourth-order valence-electron chi connectivity index (χ4n) is 3.82. The predicted molar refractivity (Wildman–Crippen MR) is 125 cm³/mol. The molecule has 0 heterocycles. The fourth-order valence-corrected chi connectivity index (χ4v) is 3.82. The van der Waals surface area contributed by atoms with Crippen LogP contribution >= 0.6 is 0 Å². The second kappa shape index (κ2) is 14.0. The lowest BCUT2D eigenvalue weighted by Crippen LogP contribution is -2.21. The minimum atomic E-state index is -0.339. The molecule has 170 valence electrons. The van der Waals surface area contributed by atoms with Gasteiger partial charge in [-0.05, 0) is 54.7 Å². The van der Waals surface area contributed by atoms with Crippen LogP contribution in [0.5, 0.6) is 0 Å². The molecule has 2 aromatic carbocycles. The lowest BCUT2D eigenvalue weighted by molar-refractivity contribution is -0.151. The van der Waals surface area contributed by atoms with E-state index in [4.69, 9.17) is 14.6 Å². The van der Waals surface area contributed by atoms with Crippen molar-refractivity contribution in [2.45, 2.75) is 64.9 Å². The lowest BCUT2D eigenvalue weighted by Gasteiger charge is -2.17. The van der Waals surface area contributed by atoms with E-state index in [0.29, 0.717) is 25.0 Å². The summed E-state index contributed by atoms with van der Waals surface area (Å²) in [4.78, 5) is 11.7. The maximum absolute atomic E-state index is 11.7. The Hall–Kier alpha value is -2.17. The van der Waals surface area contributed by atoms with Crippen molar-refractivity contribution in [2.24, 2.45) is 5.92 Å². The molecule has 1 N–H and O–H groups in total. The topological polar surface area (TPSA) is 55.8 Å². The third kappa shape index (κ3) is 8.84. The summed E-state index contributed by atoms with van der Waals surface area (Å²) in [5.74, 6) is 0.505. The predicted octanol–water partition coefficient (Wildman–Crippen LogP) is 5.84. The monoisotopic (exact) mass is 426 g/mol. The zero-order chi connectivity index (χ0) is 22.5. The first-order valence-electron chi connectivity index (χ1n) is 11.5. The van der Waals surface area contributed by atoms with Crippen LogP contribution in [0.4, 0.5) is 0 Å². The Morgan fingerprint density at radius 2 is 1.68 bits per heavy atom. The highest BCUT2D eigenvalue weighted by Gasteiger charge is 2.15. The first-order valence-corrected chi connectivity index (χ1v) is 11.5. The summed E-state index contributed by atoms with van der Waals surface area (Å²) in [6.45, 7) is 7.01. The number of rotatable bonds is 14. The highest BCUT2D eigenvalue weighted by molar-refractivity contribution is 5.72. The van der Waals surface area contributed by atoms with E-state index in [2.05, 4.69) is 68.4 Å². The second-order valence-electron chi connectivity index (χ2n) is 8.40. The van der Waals surface area contributed by atoms with Gasteiger partial charge in [0.05, 0.1) is 25.7 Å². The van der Waals surface area contributed by atoms with Crippen molar-refractivity contribution in [3.8, 4) is 0 Å². The molecular formula is C27H38O4. The number of aliphatic hydroxyl groups is 1. The summed E-state index contributed by atoms with van der Waals surface area (Å²) in [5.41, 5.74) is 3.91. The average molecular weight is 427 g/mol. The summed E-state index contributed by atoms with van der Waals surface area (Å²) in [6.07, 6.45) is 4.83. The molecule has 0 aromatic heterocycles. The van der Waals surface area contributed by atoms with Gasteiger partial charge in [-0.2, -0.15) is 0 Å². The Kier molecular flexibility index (Phi) is 11.3. The maximum Gasteiger partial charge on any atom is 0.311 e. The lowest BCUT2D eigenvalue weighted by atomic mass is 9.88. The standard InChI is InChI=1S/C27H38O4/c1-4-24(26-10-6-5-7-11-26)12-8-9-21(2)25-15-13-23(14-16-25)20-30-19-22(3)27(29)31-18-17-28/h5-7,10-11,13-16,21-22,24,28H,4,8-9,12,17-20H2,1-3H3. The van der Waals surface area contributed by atoms with Crippen LogP contribution in [0.1, 0.15) is 75.0 Å². The van der Waals surface area contributed by atoms with Crippen LogP contribution in [0.25, 0.3) is 0 Å². The molecule has 0 aliphatic rings. The fraction of sp³-hybridized carbons (Fsp3) is 0.519. The molecule has 4 heteroatoms. The third-order valence-corrected chi connectivity index (χ3v) is 5.88. The van der Waals surface area contributed by atoms with Gasteiger partial charge in [-0.15, -0.1) is 0 Å². The van der Waals surface area contributed by atoms with Gasteiger partial charge in [-0.25, -0.2) is 0 Å². The number of hydrogen-bond donors (Lipinski definition) is 1. The first-order chi connectivity index (χ1) is 15.0. The van der Waals surface area contributed by atoms with Crippen molar-refractivity contribution >= 4 is 5.97 Å². The summed E-state index contributed by atoms with van der Waals surface area (Å²) in [6, 6.07) is 19.5. The van der Waals surface area contributed by atoms with Gasteiger partial charge in [-0.1, -0.05) is 74.9 Å². The molecule has 4 nitrogen and oxygen atoms in total. The molecule has 0 amide bonds. The Bertz CT molecular complexity index is 742. The highest BCUT2D eigenvalue weighted by Crippen LogP contribution is 2.28. The third-order valence-electron chi connectivity index (χ3n) is 5.88. The van der Waals surface area contributed by atoms with Crippen LogP contribution in [0.2, 0.25) is 0 Å². The number of benzene rings is 2. The SMILES string of the molecule is CCC(CCCC(C)c1ccc(COCC(C)C(=O)OCCO)cc1)c1ccccc1. The molecule has 0 aliphatic heterocycles. The number of carbonyl (C=O) groups excluding carboxylic acids is 1. The summed E-state index contributed by atoms with van der Waals surface area (Å²) < 4.78 is 10.6. The molecule has 2 aromatic rings. The molecule has 0 spiro atoms. The van der Waals surface area contributed by atoms with Crippen LogP contribution in [0.15, 0.2) is 54.6 Å². The molecular weight excluding hydrogens is 388 g/mol. The van der Waals surface area contributed by atoms with Crippen LogP contribution < -0.4 is 0 Å². The summed E-state index contributed by atoms with van der Waals surface area (Å²) in [7, 11) is 0. The van der Waals surface area contributed by atoms with Crippen molar-refractivity contribution in [1.82, 2.24) is 0 Å². The van der Waals surface area contributed by atoms with Gasteiger partial charge in [0.25, 0.3) is 0 Å². The molecule has 0 bridgehead atoms. The largest absolute Gasteiger partial charge is 0.463 e. The zero-order valence-electron chi connectivity index (χ0n) is 19.3. The molecule has 3 unspecified atom stereocenters. The summed E-state index contributed by atoms with van der Waals surface area (Å²) >= 11 is 0. The van der Waals surface area contributed by atoms with Crippen LogP contribution in [-0.2, 0) is 20.9 Å². The van der Waals surface area contributed by atoms with Crippen LogP contribution in [0, 0.1) is 5.92 Å². The number of hydrogen-bond acceptors (Lipinski definition) is 4. The molecule has 3 atom stereocenters. The Morgan fingerprint density at radius 1 is 0.968 bits per heavy atom. The van der Waals surface area contributed by atoms with E-state index in [1.807, 2.05) is 0 Å². The van der Waals surface area contributed by atoms with E-state index in [0.717, 1.165) is 5.56 Å². The molecule has 0 aliphatic carbocycles. The van der Waals surface area contributed by atoms with Gasteiger partial charge >= 0.3 is 5.97 Å². The van der Waals surface area contributed by atoms with Gasteiger partial charge in [-0.3, -0.25) is 4.79 Å². The van der Waals surface area contributed by atoms with Crippen molar-refractivity contribution in [1.29, 1.82) is 0 Å². The average Bonchev–Trinajstić information content (AvgIpc) is 2.81. The van der Waals surface area contributed by atoms with E-state index in [9.17, 15) is 4.79 Å². The number of aliphatic hydroxyl groups excluding tert-OH is 1. The van der Waals surface area contributed by atoms with E-state index in [1.54, 1.807) is 6.92 Å². The van der Waals surface area contributed by atoms with Crippen molar-refractivity contribution in [3.05, 3.63) is 71.3 Å². The quantitative estimate of drug-likeness (QED) is 0.385. The van der Waals surface area contributed by atoms with Crippen molar-refractivity contribution in [2.75, 3.05) is 19.8 Å². The smallest absolute Gasteiger partial charge is 0.311 e. The minimum Gasteiger partial charge on any atom is -0.463 e. The normalized spacial score (nSPS) is 14.1. The molecule has 0 saturated carbocycles. The van der Waals surface area contributed by atoms with E-state index < -0.39 is 0 Å².